The van der Waals surface area contributed by atoms with E-state index in [1.54, 1.807) is 6.20 Å². The number of rotatable bonds is 6. The SMILES string of the molecule is O=[N+]([O-])c1cnc(N[C@H](Cc2ccccn2)c2ccccc2)s1. The maximum absolute atomic E-state index is 10.8. The third-order valence-electron chi connectivity index (χ3n) is 3.31. The molecule has 1 N–H and O–H groups in total. The van der Waals surface area contributed by atoms with Gasteiger partial charge < -0.3 is 5.32 Å². The summed E-state index contributed by atoms with van der Waals surface area (Å²) in [7, 11) is 0. The Kier molecular flexibility index (Phi) is 4.58. The Hall–Kier alpha value is -2.80. The lowest BCUT2D eigenvalue weighted by Crippen LogP contribution is -2.14. The molecule has 0 saturated carbocycles. The molecule has 2 aromatic heterocycles. The molecular weight excluding hydrogens is 312 g/mol. The molecule has 0 bridgehead atoms. The molecule has 0 fully saturated rings. The van der Waals surface area contributed by atoms with Gasteiger partial charge in [-0.2, -0.15) is 0 Å². The van der Waals surface area contributed by atoms with E-state index in [-0.39, 0.29) is 11.0 Å². The van der Waals surface area contributed by atoms with Crippen molar-refractivity contribution in [3.63, 3.8) is 0 Å². The number of anilines is 1. The van der Waals surface area contributed by atoms with Crippen LogP contribution < -0.4 is 5.32 Å². The van der Waals surface area contributed by atoms with Crippen LogP contribution in [0, 0.1) is 10.1 Å². The van der Waals surface area contributed by atoms with Gasteiger partial charge in [0.2, 0.25) is 0 Å². The average molecular weight is 326 g/mol. The van der Waals surface area contributed by atoms with Crippen LogP contribution in [0.5, 0.6) is 0 Å². The lowest BCUT2D eigenvalue weighted by Gasteiger charge is -2.18. The minimum atomic E-state index is -0.431. The van der Waals surface area contributed by atoms with Crippen LogP contribution in [0.1, 0.15) is 17.3 Å². The Morgan fingerprint density at radius 3 is 2.57 bits per heavy atom. The average Bonchev–Trinajstić information content (AvgIpc) is 3.05. The zero-order chi connectivity index (χ0) is 16.1. The molecule has 1 atom stereocenters. The van der Waals surface area contributed by atoms with Crippen LogP contribution in [-0.4, -0.2) is 14.9 Å². The van der Waals surface area contributed by atoms with Gasteiger partial charge in [-0.3, -0.25) is 15.1 Å². The van der Waals surface area contributed by atoms with E-state index in [9.17, 15) is 10.1 Å². The molecule has 0 amide bonds. The van der Waals surface area contributed by atoms with Gasteiger partial charge in [0.05, 0.1) is 11.0 Å². The molecule has 2 heterocycles. The highest BCUT2D eigenvalue weighted by molar-refractivity contribution is 7.18. The molecule has 1 aromatic carbocycles. The molecule has 0 unspecified atom stereocenters. The topological polar surface area (TPSA) is 81.0 Å². The van der Waals surface area contributed by atoms with Crippen molar-refractivity contribution < 1.29 is 4.92 Å². The predicted octanol–water partition coefficient (Wildman–Crippen LogP) is 3.84. The van der Waals surface area contributed by atoms with Gasteiger partial charge in [-0.25, -0.2) is 4.98 Å². The van der Waals surface area contributed by atoms with E-state index >= 15 is 0 Å². The van der Waals surface area contributed by atoms with Crippen molar-refractivity contribution in [3.05, 3.63) is 82.3 Å². The molecule has 0 aliphatic heterocycles. The normalized spacial score (nSPS) is 11.8. The predicted molar refractivity (Wildman–Crippen MR) is 89.5 cm³/mol. The van der Waals surface area contributed by atoms with Crippen molar-refractivity contribution in [3.8, 4) is 0 Å². The molecule has 6 nitrogen and oxygen atoms in total. The smallest absolute Gasteiger partial charge is 0.345 e. The quantitative estimate of drug-likeness (QED) is 0.550. The van der Waals surface area contributed by atoms with Crippen molar-refractivity contribution in [2.75, 3.05) is 5.32 Å². The third kappa shape index (κ3) is 3.89. The van der Waals surface area contributed by atoms with E-state index in [0.717, 1.165) is 22.6 Å². The number of nitrogens with zero attached hydrogens (tertiary/aromatic N) is 3. The largest absolute Gasteiger partial charge is 0.354 e. The molecule has 116 valence electrons. The first-order chi connectivity index (χ1) is 11.2. The van der Waals surface area contributed by atoms with Crippen LogP contribution in [-0.2, 0) is 6.42 Å². The molecule has 0 spiro atoms. The summed E-state index contributed by atoms with van der Waals surface area (Å²) in [6.07, 6.45) is 3.69. The van der Waals surface area contributed by atoms with Gasteiger partial charge in [-0.15, -0.1) is 0 Å². The summed E-state index contributed by atoms with van der Waals surface area (Å²) < 4.78 is 0. The van der Waals surface area contributed by atoms with Gasteiger partial charge in [0.1, 0.15) is 6.20 Å². The van der Waals surface area contributed by atoms with Crippen molar-refractivity contribution in [1.29, 1.82) is 0 Å². The van der Waals surface area contributed by atoms with Gasteiger partial charge in [-0.05, 0) is 29.0 Å². The van der Waals surface area contributed by atoms with Gasteiger partial charge in [-0.1, -0.05) is 36.4 Å². The summed E-state index contributed by atoms with van der Waals surface area (Å²) in [5, 5.41) is 14.6. The van der Waals surface area contributed by atoms with Crippen LogP contribution in [0.25, 0.3) is 0 Å². The fourth-order valence-corrected chi connectivity index (χ4v) is 2.92. The first kappa shape index (κ1) is 15.1. The van der Waals surface area contributed by atoms with E-state index < -0.39 is 4.92 Å². The van der Waals surface area contributed by atoms with E-state index in [1.165, 1.54) is 6.20 Å². The maximum atomic E-state index is 10.8. The van der Waals surface area contributed by atoms with Crippen LogP contribution in [0.4, 0.5) is 10.1 Å². The molecule has 23 heavy (non-hydrogen) atoms. The summed E-state index contributed by atoms with van der Waals surface area (Å²) in [5.41, 5.74) is 2.02. The van der Waals surface area contributed by atoms with Gasteiger partial charge in [0, 0.05) is 18.3 Å². The van der Waals surface area contributed by atoms with Crippen molar-refractivity contribution in [1.82, 2.24) is 9.97 Å². The van der Waals surface area contributed by atoms with Crippen LogP contribution in [0.2, 0.25) is 0 Å². The lowest BCUT2D eigenvalue weighted by atomic mass is 10.0. The Labute approximate surface area is 137 Å². The first-order valence-electron chi connectivity index (χ1n) is 7.04. The zero-order valence-electron chi connectivity index (χ0n) is 12.1. The first-order valence-corrected chi connectivity index (χ1v) is 7.85. The van der Waals surface area contributed by atoms with Crippen molar-refractivity contribution in [2.45, 2.75) is 12.5 Å². The Morgan fingerprint density at radius 1 is 1.13 bits per heavy atom. The number of pyridine rings is 1. The standard InChI is InChI=1S/C16H14N4O2S/c21-20(22)15-11-18-16(23-15)19-14(12-6-2-1-3-7-12)10-13-8-4-5-9-17-13/h1-9,11,14H,10H2,(H,18,19)/t14-/m1/s1. The second-order valence-corrected chi connectivity index (χ2v) is 5.90. The summed E-state index contributed by atoms with van der Waals surface area (Å²) in [6.45, 7) is 0. The van der Waals surface area contributed by atoms with E-state index in [4.69, 9.17) is 0 Å². The van der Waals surface area contributed by atoms with Crippen LogP contribution in [0.3, 0.4) is 0 Å². The fraction of sp³-hybridized carbons (Fsp3) is 0.125. The number of aromatic nitrogens is 2. The minimum absolute atomic E-state index is 0.0251. The van der Waals surface area contributed by atoms with Crippen molar-refractivity contribution >= 4 is 21.5 Å². The maximum Gasteiger partial charge on any atom is 0.345 e. The monoisotopic (exact) mass is 326 g/mol. The lowest BCUT2D eigenvalue weighted by molar-refractivity contribution is -0.380. The number of nitro groups is 1. The summed E-state index contributed by atoms with van der Waals surface area (Å²) >= 11 is 1.03. The molecular formula is C16H14N4O2S. The number of hydrogen-bond donors (Lipinski definition) is 1. The molecule has 3 aromatic rings. The number of nitrogens with one attached hydrogen (secondary N) is 1. The number of thiazole rings is 1. The fourth-order valence-electron chi connectivity index (χ4n) is 2.23. The van der Waals surface area contributed by atoms with E-state index in [1.807, 2.05) is 48.5 Å². The highest BCUT2D eigenvalue weighted by Gasteiger charge is 2.17. The van der Waals surface area contributed by atoms with E-state index in [0.29, 0.717) is 11.6 Å². The number of benzene rings is 1. The van der Waals surface area contributed by atoms with Crippen molar-refractivity contribution in [2.24, 2.45) is 0 Å². The van der Waals surface area contributed by atoms with Gasteiger partial charge in [0.15, 0.2) is 5.13 Å². The molecule has 0 aliphatic rings. The Bertz CT molecular complexity index is 777. The Morgan fingerprint density at radius 2 is 1.91 bits per heavy atom. The van der Waals surface area contributed by atoms with E-state index in [2.05, 4.69) is 15.3 Å². The number of hydrogen-bond acceptors (Lipinski definition) is 6. The zero-order valence-corrected chi connectivity index (χ0v) is 12.9. The second-order valence-electron chi connectivity index (χ2n) is 4.89. The summed E-state index contributed by atoms with van der Waals surface area (Å²) in [5.74, 6) is 0. The molecule has 0 aliphatic carbocycles. The highest BCUT2D eigenvalue weighted by atomic mass is 32.1. The highest BCUT2D eigenvalue weighted by Crippen LogP contribution is 2.29. The summed E-state index contributed by atoms with van der Waals surface area (Å²) in [4.78, 5) is 18.8. The summed E-state index contributed by atoms with van der Waals surface area (Å²) in [6, 6.07) is 15.6. The van der Waals surface area contributed by atoms with Crippen LogP contribution in [0.15, 0.2) is 60.9 Å². The third-order valence-corrected chi connectivity index (χ3v) is 4.19. The second kappa shape index (κ2) is 6.97. The minimum Gasteiger partial charge on any atom is -0.354 e. The molecule has 0 saturated heterocycles. The Balaban J connectivity index is 1.84. The van der Waals surface area contributed by atoms with Gasteiger partial charge in [0.25, 0.3) is 0 Å². The molecule has 7 heteroatoms. The molecule has 0 radical (unpaired) electrons. The van der Waals surface area contributed by atoms with Crippen LogP contribution >= 0.6 is 11.3 Å². The van der Waals surface area contributed by atoms with Gasteiger partial charge >= 0.3 is 5.00 Å². The molecule has 3 rings (SSSR count).